The Balaban J connectivity index is 1.33. The van der Waals surface area contributed by atoms with Crippen molar-refractivity contribution >= 4 is 17.6 Å². The number of rotatable bonds is 6. The Morgan fingerprint density at radius 3 is 2.94 bits per heavy atom. The van der Waals surface area contributed by atoms with Gasteiger partial charge in [0.25, 0.3) is 5.88 Å². The van der Waals surface area contributed by atoms with E-state index in [2.05, 4.69) is 32.2 Å². The minimum absolute atomic E-state index is 0.0938. The maximum atomic E-state index is 5.53. The molecule has 0 bridgehead atoms. The first-order valence-corrected chi connectivity index (χ1v) is 11.9. The highest BCUT2D eigenvalue weighted by molar-refractivity contribution is 8.00. The van der Waals surface area contributed by atoms with Crippen LogP contribution in [0.5, 0.6) is 5.88 Å². The van der Waals surface area contributed by atoms with Gasteiger partial charge >= 0.3 is 0 Å². The summed E-state index contributed by atoms with van der Waals surface area (Å²) in [6, 6.07) is 0.0938. The number of hydrogen-bond donors (Lipinski definition) is 2. The number of aryl methyl sites for hydroxylation is 3. The molecule has 2 N–H and O–H groups in total. The first-order chi connectivity index (χ1) is 15.2. The summed E-state index contributed by atoms with van der Waals surface area (Å²) < 4.78 is 9.47. The van der Waals surface area contributed by atoms with Crippen LogP contribution >= 0.6 is 11.8 Å². The molecule has 0 spiro atoms. The maximum absolute atomic E-state index is 5.53. The predicted molar refractivity (Wildman–Crippen MR) is 121 cm³/mol. The molecular formula is C21H28N8OS. The zero-order chi connectivity index (χ0) is 21.4. The second-order valence-corrected chi connectivity index (χ2v) is 9.06. The van der Waals surface area contributed by atoms with E-state index in [-0.39, 0.29) is 11.5 Å². The number of thioether (sulfide) groups is 1. The normalized spacial score (nSPS) is 20.6. The van der Waals surface area contributed by atoms with Crippen LogP contribution in [-0.2, 0) is 19.4 Å². The van der Waals surface area contributed by atoms with Gasteiger partial charge in [-0.05, 0) is 39.5 Å². The number of methoxy groups -OCH3 is 1. The fraction of sp³-hybridized carbons (Fsp3) is 0.524. The number of imidazole rings is 1. The van der Waals surface area contributed by atoms with E-state index in [1.165, 1.54) is 24.1 Å². The van der Waals surface area contributed by atoms with Gasteiger partial charge in [0.1, 0.15) is 17.6 Å². The van der Waals surface area contributed by atoms with Gasteiger partial charge in [-0.2, -0.15) is 5.10 Å². The van der Waals surface area contributed by atoms with Crippen LogP contribution in [0.3, 0.4) is 0 Å². The summed E-state index contributed by atoms with van der Waals surface area (Å²) in [6.07, 6.45) is 10.1. The number of nitrogens with zero attached hydrogens (tertiary/aromatic N) is 6. The average molecular weight is 441 g/mol. The molecule has 1 fully saturated rings. The predicted octanol–water partition coefficient (Wildman–Crippen LogP) is 2.85. The third-order valence-electron chi connectivity index (χ3n) is 5.82. The molecule has 0 amide bonds. The van der Waals surface area contributed by atoms with Crippen LogP contribution in [0.15, 0.2) is 18.7 Å². The van der Waals surface area contributed by atoms with Crippen molar-refractivity contribution in [3.05, 3.63) is 41.4 Å². The van der Waals surface area contributed by atoms with Crippen molar-refractivity contribution < 1.29 is 4.74 Å². The van der Waals surface area contributed by atoms with Crippen LogP contribution < -0.4 is 15.4 Å². The Hall–Kier alpha value is -2.59. The van der Waals surface area contributed by atoms with Crippen LogP contribution in [0, 0.1) is 6.92 Å². The van der Waals surface area contributed by atoms with Crippen molar-refractivity contribution in [3.63, 3.8) is 0 Å². The van der Waals surface area contributed by atoms with E-state index in [0.29, 0.717) is 11.7 Å². The molecule has 10 heteroatoms. The summed E-state index contributed by atoms with van der Waals surface area (Å²) >= 11 is 1.84. The smallest absolute Gasteiger partial charge is 0.258 e. The first-order valence-electron chi connectivity index (χ1n) is 10.8. The van der Waals surface area contributed by atoms with Gasteiger partial charge in [-0.1, -0.05) is 0 Å². The standard InChI is InChI=1S/C21H28N8OS/c1-4-29-18(14-7-5-6-8-15(14)27-29)26-21-25-17(11-31-21)16-9-22-19(20(24-16)30-3)28-10-13(2)23-12-28/h9-10,12,17,21,25-26H,4-8,11H2,1-3H3. The first kappa shape index (κ1) is 20.3. The lowest BCUT2D eigenvalue weighted by molar-refractivity contribution is 0.389. The largest absolute Gasteiger partial charge is 0.478 e. The van der Waals surface area contributed by atoms with Gasteiger partial charge in [0.05, 0.1) is 36.4 Å². The van der Waals surface area contributed by atoms with Crippen molar-refractivity contribution in [2.75, 3.05) is 18.2 Å². The van der Waals surface area contributed by atoms with Crippen LogP contribution in [0.1, 0.15) is 48.5 Å². The minimum atomic E-state index is 0.0938. The van der Waals surface area contributed by atoms with Crippen LogP contribution in [0.25, 0.3) is 5.82 Å². The Morgan fingerprint density at radius 1 is 1.29 bits per heavy atom. The highest BCUT2D eigenvalue weighted by Crippen LogP contribution is 2.33. The molecular weight excluding hydrogens is 412 g/mol. The lowest BCUT2D eigenvalue weighted by atomic mass is 9.97. The molecule has 0 aromatic carbocycles. The fourth-order valence-corrected chi connectivity index (χ4v) is 5.35. The van der Waals surface area contributed by atoms with Crippen molar-refractivity contribution in [2.45, 2.75) is 57.6 Å². The molecule has 2 aliphatic rings. The summed E-state index contributed by atoms with van der Waals surface area (Å²) in [5, 5.41) is 12.2. The molecule has 0 radical (unpaired) electrons. The van der Waals surface area contributed by atoms with E-state index in [0.717, 1.165) is 42.3 Å². The summed E-state index contributed by atoms with van der Waals surface area (Å²) in [5.74, 6) is 3.21. The topological polar surface area (TPSA) is 94.7 Å². The molecule has 5 rings (SSSR count). The highest BCUT2D eigenvalue weighted by atomic mass is 32.2. The Morgan fingerprint density at radius 2 is 2.16 bits per heavy atom. The third-order valence-corrected chi connectivity index (χ3v) is 6.93. The summed E-state index contributed by atoms with van der Waals surface area (Å²) in [7, 11) is 1.62. The van der Waals surface area contributed by atoms with Crippen LogP contribution in [-0.4, -0.2) is 47.7 Å². The van der Waals surface area contributed by atoms with E-state index in [1.54, 1.807) is 13.4 Å². The van der Waals surface area contributed by atoms with E-state index in [9.17, 15) is 0 Å². The molecule has 1 aliphatic heterocycles. The summed E-state index contributed by atoms with van der Waals surface area (Å²) in [4.78, 5) is 13.6. The molecule has 9 nitrogen and oxygen atoms in total. The lowest BCUT2D eigenvalue weighted by Crippen LogP contribution is -2.32. The highest BCUT2D eigenvalue weighted by Gasteiger charge is 2.30. The summed E-state index contributed by atoms with van der Waals surface area (Å²) in [6.45, 7) is 4.96. The SMILES string of the molecule is CCn1nc2c(c1NC1NC(c3cnc(-n4cnc(C)c4)c(OC)n3)CS1)CCCC2. The quantitative estimate of drug-likeness (QED) is 0.604. The number of anilines is 1. The fourth-order valence-electron chi connectivity index (χ4n) is 4.24. The van der Waals surface area contributed by atoms with Crippen molar-refractivity contribution in [1.82, 2.24) is 34.6 Å². The van der Waals surface area contributed by atoms with Gasteiger partial charge in [0.15, 0.2) is 0 Å². The third kappa shape index (κ3) is 3.89. The molecule has 2 unspecified atom stereocenters. The number of ether oxygens (including phenoxy) is 1. The Labute approximate surface area is 186 Å². The van der Waals surface area contributed by atoms with Gasteiger partial charge < -0.3 is 10.1 Å². The van der Waals surface area contributed by atoms with Crippen LogP contribution in [0.4, 0.5) is 5.82 Å². The maximum Gasteiger partial charge on any atom is 0.258 e. The molecule has 0 saturated carbocycles. The van der Waals surface area contributed by atoms with Gasteiger partial charge in [-0.3, -0.25) is 9.88 Å². The van der Waals surface area contributed by atoms with E-state index < -0.39 is 0 Å². The summed E-state index contributed by atoms with van der Waals surface area (Å²) in [5.41, 5.74) is 4.54. The molecule has 3 aromatic rings. The number of aromatic nitrogens is 6. The second kappa shape index (κ2) is 8.51. The van der Waals surface area contributed by atoms with Crippen molar-refractivity contribution in [1.29, 1.82) is 0 Å². The second-order valence-electron chi connectivity index (χ2n) is 7.92. The Kier molecular flexibility index (Phi) is 5.58. The minimum Gasteiger partial charge on any atom is -0.478 e. The number of nitrogens with one attached hydrogen (secondary N) is 2. The average Bonchev–Trinajstić information content (AvgIpc) is 3.52. The monoisotopic (exact) mass is 440 g/mol. The van der Waals surface area contributed by atoms with Gasteiger partial charge in [0, 0.05) is 24.1 Å². The van der Waals surface area contributed by atoms with E-state index in [4.69, 9.17) is 14.8 Å². The van der Waals surface area contributed by atoms with Crippen molar-refractivity contribution in [2.24, 2.45) is 0 Å². The van der Waals surface area contributed by atoms with Gasteiger partial charge in [-0.15, -0.1) is 11.8 Å². The van der Waals surface area contributed by atoms with Gasteiger partial charge in [-0.25, -0.2) is 19.6 Å². The van der Waals surface area contributed by atoms with E-state index in [1.807, 2.05) is 35.6 Å². The Bertz CT molecular complexity index is 1080. The molecule has 3 aromatic heterocycles. The number of fused-ring (bicyclic) bond motifs is 1. The molecule has 4 heterocycles. The van der Waals surface area contributed by atoms with Crippen LogP contribution in [0.2, 0.25) is 0 Å². The van der Waals surface area contributed by atoms with Crippen molar-refractivity contribution in [3.8, 4) is 11.7 Å². The zero-order valence-corrected chi connectivity index (χ0v) is 18.9. The molecule has 1 saturated heterocycles. The number of hydrogen-bond acceptors (Lipinski definition) is 8. The van der Waals surface area contributed by atoms with E-state index >= 15 is 0 Å². The molecule has 1 aliphatic carbocycles. The molecule has 2 atom stereocenters. The lowest BCUT2D eigenvalue weighted by Gasteiger charge is -2.19. The van der Waals surface area contributed by atoms with Gasteiger partial charge in [0.2, 0.25) is 5.82 Å². The molecule has 31 heavy (non-hydrogen) atoms. The zero-order valence-electron chi connectivity index (χ0n) is 18.1. The molecule has 164 valence electrons.